The summed E-state index contributed by atoms with van der Waals surface area (Å²) in [6, 6.07) is 0. The third kappa shape index (κ3) is 1.73. The van der Waals surface area contributed by atoms with Crippen LogP contribution in [0.4, 0.5) is 0 Å². The van der Waals surface area contributed by atoms with Crippen molar-refractivity contribution in [3.8, 4) is 0 Å². The van der Waals surface area contributed by atoms with Crippen molar-refractivity contribution in [1.82, 2.24) is 0 Å². The van der Waals surface area contributed by atoms with Crippen LogP contribution in [0.25, 0.3) is 0 Å². The Morgan fingerprint density at radius 2 is 2.22 bits per heavy atom. The molecule has 0 fully saturated rings. The largest absolute Gasteiger partial charge is 0.293 e. The zero-order valence-electron chi connectivity index (χ0n) is 4.40. The molecule has 0 unspecified atom stereocenters. The van der Waals surface area contributed by atoms with Crippen molar-refractivity contribution < 1.29 is 4.79 Å². The first-order chi connectivity index (χ1) is 4.22. The number of rotatable bonds is 0. The lowest BCUT2D eigenvalue weighted by atomic mass is 10.3. The average molecular weight is 347 g/mol. The first-order valence-corrected chi connectivity index (χ1v) is 4.48. The van der Waals surface area contributed by atoms with E-state index in [9.17, 15) is 4.79 Å². The molecule has 0 aromatic rings. The Hall–Kier alpha value is 0.540. The molecular formula is C5H3I2NO. The highest BCUT2D eigenvalue weighted by atomic mass is 127. The molecule has 2 nitrogen and oxygen atoms in total. The first kappa shape index (κ1) is 7.64. The maximum absolute atomic E-state index is 10.8. The topological polar surface area (TPSA) is 29.4 Å². The molecule has 0 N–H and O–H groups in total. The highest BCUT2D eigenvalue weighted by Crippen LogP contribution is 2.24. The Balaban J connectivity index is 2.97. The lowest BCUT2D eigenvalue weighted by Gasteiger charge is -2.01. The summed E-state index contributed by atoms with van der Waals surface area (Å²) in [5, 5.41) is 0. The fraction of sp³-hybridized carbons (Fsp3) is 0.200. The van der Waals surface area contributed by atoms with Crippen LogP contribution in [0.15, 0.2) is 12.3 Å². The maximum Gasteiger partial charge on any atom is 0.176 e. The minimum Gasteiger partial charge on any atom is -0.293 e. The van der Waals surface area contributed by atoms with Gasteiger partial charge in [0.2, 0.25) is 0 Å². The Morgan fingerprint density at radius 1 is 1.56 bits per heavy atom. The van der Waals surface area contributed by atoms with Crippen molar-refractivity contribution in [1.29, 1.82) is 0 Å². The summed E-state index contributed by atoms with van der Waals surface area (Å²) in [5.74, 6) is 0.176. The second kappa shape index (κ2) is 3.09. The predicted molar refractivity (Wildman–Crippen MR) is 53.2 cm³/mol. The van der Waals surface area contributed by atoms with Crippen LogP contribution in [0.3, 0.4) is 0 Å². The molecule has 0 aromatic carbocycles. The number of ketones is 1. The van der Waals surface area contributed by atoms with Gasteiger partial charge < -0.3 is 0 Å². The quantitative estimate of drug-likeness (QED) is 0.487. The van der Waals surface area contributed by atoms with Gasteiger partial charge in [-0.2, -0.15) is 0 Å². The van der Waals surface area contributed by atoms with Gasteiger partial charge in [0.1, 0.15) is 3.70 Å². The molecule has 48 valence electrons. The molecule has 0 spiro atoms. The van der Waals surface area contributed by atoms with Crippen LogP contribution in [0.2, 0.25) is 0 Å². The van der Waals surface area contributed by atoms with Crippen LogP contribution < -0.4 is 0 Å². The van der Waals surface area contributed by atoms with Gasteiger partial charge in [0, 0.05) is 12.6 Å². The molecule has 9 heavy (non-hydrogen) atoms. The van der Waals surface area contributed by atoms with E-state index in [1.54, 1.807) is 6.21 Å². The Morgan fingerprint density at radius 3 is 2.67 bits per heavy atom. The van der Waals surface area contributed by atoms with Gasteiger partial charge in [-0.1, -0.05) is 0 Å². The first-order valence-electron chi connectivity index (χ1n) is 2.33. The van der Waals surface area contributed by atoms with Crippen molar-refractivity contribution >= 4 is 57.2 Å². The summed E-state index contributed by atoms with van der Waals surface area (Å²) in [6.45, 7) is 0. The Labute approximate surface area is 80.1 Å². The summed E-state index contributed by atoms with van der Waals surface area (Å²) >= 11 is 4.07. The Kier molecular flexibility index (Phi) is 2.62. The number of hydrogen-bond acceptors (Lipinski definition) is 2. The zero-order valence-corrected chi connectivity index (χ0v) is 8.71. The lowest BCUT2D eigenvalue weighted by Crippen LogP contribution is -2.02. The van der Waals surface area contributed by atoms with Gasteiger partial charge >= 0.3 is 0 Å². The molecule has 4 heteroatoms. The van der Waals surface area contributed by atoms with Crippen molar-refractivity contribution in [3.63, 3.8) is 0 Å². The average Bonchev–Trinajstić information content (AvgIpc) is 1.83. The highest BCUT2D eigenvalue weighted by molar-refractivity contribution is 14.1. The van der Waals surface area contributed by atoms with Crippen molar-refractivity contribution in [2.45, 2.75) is 6.42 Å². The second-order valence-corrected chi connectivity index (χ2v) is 3.64. The molecule has 0 aliphatic carbocycles. The normalized spacial score (nSPS) is 19.1. The van der Waals surface area contributed by atoms with Gasteiger partial charge in [-0.05, 0) is 45.2 Å². The lowest BCUT2D eigenvalue weighted by molar-refractivity contribution is -0.113. The fourth-order valence-electron chi connectivity index (χ4n) is 0.470. The molecular weight excluding hydrogens is 344 g/mol. The summed E-state index contributed by atoms with van der Waals surface area (Å²) in [6.07, 6.45) is 2.11. The molecule has 1 aliphatic heterocycles. The van der Waals surface area contributed by atoms with E-state index in [2.05, 4.69) is 27.6 Å². The van der Waals surface area contributed by atoms with Gasteiger partial charge in [-0.25, -0.2) is 0 Å². The van der Waals surface area contributed by atoms with Gasteiger partial charge in [-0.15, -0.1) is 0 Å². The SMILES string of the molecule is O=C1CC=NC(I)=C1I. The summed E-state index contributed by atoms with van der Waals surface area (Å²) in [7, 11) is 0. The summed E-state index contributed by atoms with van der Waals surface area (Å²) in [4.78, 5) is 14.8. The summed E-state index contributed by atoms with van der Waals surface area (Å²) < 4.78 is 1.57. The minimum atomic E-state index is 0.176. The number of nitrogens with zero attached hydrogens (tertiary/aromatic N) is 1. The third-order valence-corrected chi connectivity index (χ3v) is 3.87. The molecule has 0 atom stereocenters. The molecule has 0 aromatic heterocycles. The van der Waals surface area contributed by atoms with Crippen LogP contribution in [0.5, 0.6) is 0 Å². The predicted octanol–water partition coefficient (Wildman–Crippen LogP) is 2.07. The molecule has 1 aliphatic rings. The third-order valence-electron chi connectivity index (χ3n) is 0.907. The van der Waals surface area contributed by atoms with Crippen molar-refractivity contribution in [3.05, 3.63) is 7.28 Å². The van der Waals surface area contributed by atoms with Crippen LogP contribution in [0.1, 0.15) is 6.42 Å². The van der Waals surface area contributed by atoms with E-state index in [4.69, 9.17) is 0 Å². The second-order valence-electron chi connectivity index (χ2n) is 1.54. The standard InChI is InChI=1S/C5H3I2NO/c6-4-3(9)1-2-8-5(4)7/h2H,1H2. The zero-order chi connectivity index (χ0) is 6.85. The molecule has 0 amide bonds. The van der Waals surface area contributed by atoms with Gasteiger partial charge in [0.15, 0.2) is 5.78 Å². The van der Waals surface area contributed by atoms with Crippen LogP contribution in [-0.2, 0) is 4.79 Å². The van der Waals surface area contributed by atoms with E-state index in [0.29, 0.717) is 6.42 Å². The Bertz CT molecular complexity index is 207. The van der Waals surface area contributed by atoms with E-state index in [1.807, 2.05) is 22.6 Å². The van der Waals surface area contributed by atoms with Gasteiger partial charge in [0.25, 0.3) is 0 Å². The van der Waals surface area contributed by atoms with Crippen LogP contribution >= 0.6 is 45.2 Å². The number of aliphatic imine (C=N–C) groups is 1. The number of Topliss-reactive ketones (excluding diaryl/α,β-unsaturated/α-hetero) is 1. The summed E-state index contributed by atoms with van der Waals surface area (Å²) in [5.41, 5.74) is 0. The smallest absolute Gasteiger partial charge is 0.176 e. The van der Waals surface area contributed by atoms with E-state index in [-0.39, 0.29) is 5.78 Å². The van der Waals surface area contributed by atoms with Crippen LogP contribution in [-0.4, -0.2) is 12.0 Å². The molecule has 0 saturated heterocycles. The number of allylic oxidation sites excluding steroid dienone is 1. The van der Waals surface area contributed by atoms with E-state index >= 15 is 0 Å². The number of halogens is 2. The maximum atomic E-state index is 10.8. The molecule has 1 heterocycles. The van der Waals surface area contributed by atoms with Crippen molar-refractivity contribution in [2.24, 2.45) is 4.99 Å². The van der Waals surface area contributed by atoms with E-state index in [0.717, 1.165) is 7.28 Å². The number of carbonyl (C=O) groups excluding carboxylic acids is 1. The molecule has 0 bridgehead atoms. The van der Waals surface area contributed by atoms with E-state index < -0.39 is 0 Å². The van der Waals surface area contributed by atoms with Crippen molar-refractivity contribution in [2.75, 3.05) is 0 Å². The number of carbonyl (C=O) groups is 1. The van der Waals surface area contributed by atoms with Crippen LogP contribution in [0, 0.1) is 0 Å². The molecule has 0 radical (unpaired) electrons. The highest BCUT2D eigenvalue weighted by Gasteiger charge is 2.12. The fourth-order valence-corrected chi connectivity index (χ4v) is 1.33. The number of hydrogen-bond donors (Lipinski definition) is 0. The van der Waals surface area contributed by atoms with E-state index in [1.165, 1.54) is 0 Å². The van der Waals surface area contributed by atoms with Gasteiger partial charge in [0.05, 0.1) is 3.58 Å². The molecule has 1 rings (SSSR count). The minimum absolute atomic E-state index is 0.176. The monoisotopic (exact) mass is 347 g/mol. The van der Waals surface area contributed by atoms with Gasteiger partial charge in [-0.3, -0.25) is 9.79 Å². The molecule has 0 saturated carbocycles.